The van der Waals surface area contributed by atoms with Gasteiger partial charge >= 0.3 is 0 Å². The van der Waals surface area contributed by atoms with E-state index in [0.717, 1.165) is 0 Å². The van der Waals surface area contributed by atoms with Gasteiger partial charge in [-0.2, -0.15) is 0 Å². The van der Waals surface area contributed by atoms with Crippen LogP contribution >= 0.6 is 0 Å². The lowest BCUT2D eigenvalue weighted by Crippen LogP contribution is -2.08. The van der Waals surface area contributed by atoms with Gasteiger partial charge in [-0.15, -0.1) is 0 Å². The van der Waals surface area contributed by atoms with Gasteiger partial charge in [-0.3, -0.25) is 4.79 Å². The number of ketones is 1. The Morgan fingerprint density at radius 1 is 1.47 bits per heavy atom. The number of hydrogen-bond donors (Lipinski definition) is 0. The number of furan rings is 1. The minimum absolute atomic E-state index is 0.0142. The summed E-state index contributed by atoms with van der Waals surface area (Å²) in [6, 6.07) is 4.20. The highest BCUT2D eigenvalue weighted by atomic mass is 19.1. The molecule has 0 aliphatic rings. The molecule has 0 radical (unpaired) electrons. The number of benzene rings is 1. The van der Waals surface area contributed by atoms with E-state index in [4.69, 9.17) is 9.15 Å². The van der Waals surface area contributed by atoms with Gasteiger partial charge in [-0.25, -0.2) is 4.39 Å². The van der Waals surface area contributed by atoms with Crippen molar-refractivity contribution in [2.75, 3.05) is 13.2 Å². The van der Waals surface area contributed by atoms with Crippen LogP contribution in [0.3, 0.4) is 0 Å². The Labute approximate surface area is 98.2 Å². The smallest absolute Gasteiger partial charge is 0.223 e. The molecule has 4 heteroatoms. The van der Waals surface area contributed by atoms with E-state index in [2.05, 4.69) is 0 Å². The average Bonchev–Trinajstić information content (AvgIpc) is 2.64. The number of carbonyl (C=O) groups is 1. The van der Waals surface area contributed by atoms with Crippen molar-refractivity contribution in [2.45, 2.75) is 13.8 Å². The first kappa shape index (κ1) is 11.8. The number of ether oxygens (including phenoxy) is 1. The van der Waals surface area contributed by atoms with E-state index >= 15 is 0 Å². The fourth-order valence-electron chi connectivity index (χ4n) is 1.72. The van der Waals surface area contributed by atoms with E-state index in [0.29, 0.717) is 23.1 Å². The normalized spacial score (nSPS) is 11.0. The molecule has 0 saturated heterocycles. The molecule has 0 amide bonds. The minimum Gasteiger partial charge on any atom is -0.453 e. The molecule has 0 atom stereocenters. The first-order valence-corrected chi connectivity index (χ1v) is 5.43. The largest absolute Gasteiger partial charge is 0.453 e. The maximum Gasteiger partial charge on any atom is 0.223 e. The Morgan fingerprint density at radius 2 is 2.24 bits per heavy atom. The van der Waals surface area contributed by atoms with Crippen molar-refractivity contribution in [2.24, 2.45) is 0 Å². The molecule has 3 nitrogen and oxygen atoms in total. The molecule has 1 aromatic heterocycles. The second kappa shape index (κ2) is 4.67. The van der Waals surface area contributed by atoms with E-state index in [1.54, 1.807) is 6.92 Å². The molecule has 0 saturated carbocycles. The van der Waals surface area contributed by atoms with Crippen LogP contribution in [0.1, 0.15) is 23.0 Å². The van der Waals surface area contributed by atoms with Crippen molar-refractivity contribution < 1.29 is 18.3 Å². The van der Waals surface area contributed by atoms with Crippen LogP contribution in [0.2, 0.25) is 0 Å². The molecule has 0 N–H and O–H groups in total. The Bertz CT molecular complexity index is 557. The molecule has 17 heavy (non-hydrogen) atoms. The molecule has 0 fully saturated rings. The topological polar surface area (TPSA) is 39.4 Å². The molecule has 0 aliphatic carbocycles. The summed E-state index contributed by atoms with van der Waals surface area (Å²) >= 11 is 0. The van der Waals surface area contributed by atoms with Gasteiger partial charge in [0.2, 0.25) is 5.78 Å². The summed E-state index contributed by atoms with van der Waals surface area (Å²) in [6.45, 7) is 4.01. The van der Waals surface area contributed by atoms with Crippen molar-refractivity contribution >= 4 is 16.8 Å². The lowest BCUT2D eigenvalue weighted by molar-refractivity contribution is 0.0757. The van der Waals surface area contributed by atoms with Gasteiger partial charge in [0, 0.05) is 17.6 Å². The third-order valence-corrected chi connectivity index (χ3v) is 2.59. The SMILES string of the molecule is CCOCC(=O)c1oc2ccc(F)cc2c1C. The molecule has 2 aromatic rings. The van der Waals surface area contributed by atoms with Gasteiger partial charge in [-0.05, 0) is 32.0 Å². The predicted molar refractivity (Wildman–Crippen MR) is 61.7 cm³/mol. The third kappa shape index (κ3) is 2.22. The molecule has 2 rings (SSSR count). The zero-order valence-electron chi connectivity index (χ0n) is 9.75. The maximum absolute atomic E-state index is 13.1. The predicted octanol–water partition coefficient (Wildman–Crippen LogP) is 3.10. The van der Waals surface area contributed by atoms with E-state index in [9.17, 15) is 9.18 Å². The van der Waals surface area contributed by atoms with Crippen molar-refractivity contribution in [3.63, 3.8) is 0 Å². The summed E-state index contributed by atoms with van der Waals surface area (Å²) in [5, 5.41) is 0.629. The number of rotatable bonds is 4. The second-order valence-corrected chi connectivity index (χ2v) is 3.76. The Kier molecular flexibility index (Phi) is 3.24. The molecule has 0 spiro atoms. The van der Waals surface area contributed by atoms with Gasteiger partial charge in [0.15, 0.2) is 5.76 Å². The molecule has 90 valence electrons. The molecule has 0 bridgehead atoms. The monoisotopic (exact) mass is 236 g/mol. The maximum atomic E-state index is 13.1. The lowest BCUT2D eigenvalue weighted by atomic mass is 10.1. The third-order valence-electron chi connectivity index (χ3n) is 2.59. The van der Waals surface area contributed by atoms with E-state index in [1.165, 1.54) is 18.2 Å². The van der Waals surface area contributed by atoms with Gasteiger partial charge < -0.3 is 9.15 Å². The molecular formula is C13H13FO3. The van der Waals surface area contributed by atoms with Crippen LogP contribution in [-0.4, -0.2) is 19.0 Å². The molecule has 1 heterocycles. The summed E-state index contributed by atoms with van der Waals surface area (Å²) in [5.41, 5.74) is 1.17. The highest BCUT2D eigenvalue weighted by molar-refractivity contribution is 6.00. The first-order chi connectivity index (χ1) is 8.13. The van der Waals surface area contributed by atoms with Gasteiger partial charge in [0.05, 0.1) is 0 Å². The summed E-state index contributed by atoms with van der Waals surface area (Å²) in [7, 11) is 0. The van der Waals surface area contributed by atoms with Gasteiger partial charge in [0.25, 0.3) is 0 Å². The van der Waals surface area contributed by atoms with E-state index in [-0.39, 0.29) is 24.0 Å². The van der Waals surface area contributed by atoms with Crippen molar-refractivity contribution in [3.8, 4) is 0 Å². The molecule has 0 unspecified atom stereocenters. The minimum atomic E-state index is -0.342. The standard InChI is InChI=1S/C13H13FO3/c1-3-16-7-11(15)13-8(2)10-6-9(14)4-5-12(10)17-13/h4-6H,3,7H2,1-2H3. The number of halogens is 1. The van der Waals surface area contributed by atoms with Gasteiger partial charge in [-0.1, -0.05) is 0 Å². The molecule has 0 aliphatic heterocycles. The van der Waals surface area contributed by atoms with Crippen LogP contribution < -0.4 is 0 Å². The van der Waals surface area contributed by atoms with Crippen LogP contribution in [0.4, 0.5) is 4.39 Å². The number of fused-ring (bicyclic) bond motifs is 1. The number of carbonyl (C=O) groups excluding carboxylic acids is 1. The quantitative estimate of drug-likeness (QED) is 0.766. The highest BCUT2D eigenvalue weighted by Gasteiger charge is 2.17. The van der Waals surface area contributed by atoms with Crippen LogP contribution in [0, 0.1) is 12.7 Å². The van der Waals surface area contributed by atoms with Crippen LogP contribution in [0.5, 0.6) is 0 Å². The Hall–Kier alpha value is -1.68. The van der Waals surface area contributed by atoms with Crippen molar-refractivity contribution in [1.29, 1.82) is 0 Å². The molecule has 1 aromatic carbocycles. The van der Waals surface area contributed by atoms with Crippen molar-refractivity contribution in [3.05, 3.63) is 35.3 Å². The fourth-order valence-corrected chi connectivity index (χ4v) is 1.72. The Morgan fingerprint density at radius 3 is 2.94 bits per heavy atom. The van der Waals surface area contributed by atoms with E-state index in [1.807, 2.05) is 6.92 Å². The molecular weight excluding hydrogens is 223 g/mol. The van der Waals surface area contributed by atoms with E-state index < -0.39 is 0 Å². The first-order valence-electron chi connectivity index (χ1n) is 5.43. The summed E-state index contributed by atoms with van der Waals surface area (Å²) in [6.07, 6.45) is 0. The fraction of sp³-hybridized carbons (Fsp3) is 0.308. The lowest BCUT2D eigenvalue weighted by Gasteiger charge is -1.98. The number of hydrogen-bond acceptors (Lipinski definition) is 3. The van der Waals surface area contributed by atoms with Gasteiger partial charge in [0.1, 0.15) is 18.0 Å². The summed E-state index contributed by atoms with van der Waals surface area (Å²) in [4.78, 5) is 11.8. The summed E-state index contributed by atoms with van der Waals surface area (Å²) < 4.78 is 23.5. The number of aryl methyl sites for hydroxylation is 1. The van der Waals surface area contributed by atoms with Crippen LogP contribution in [-0.2, 0) is 4.74 Å². The van der Waals surface area contributed by atoms with Crippen LogP contribution in [0.15, 0.2) is 22.6 Å². The number of Topliss-reactive ketones (excluding diaryl/α,β-unsaturated/α-hetero) is 1. The summed E-state index contributed by atoms with van der Waals surface area (Å²) in [5.74, 6) is -0.315. The average molecular weight is 236 g/mol. The second-order valence-electron chi connectivity index (χ2n) is 3.76. The zero-order chi connectivity index (χ0) is 12.4. The zero-order valence-corrected chi connectivity index (χ0v) is 9.75. The van der Waals surface area contributed by atoms with Crippen molar-refractivity contribution in [1.82, 2.24) is 0 Å². The van der Waals surface area contributed by atoms with Crippen LogP contribution in [0.25, 0.3) is 11.0 Å². The highest BCUT2D eigenvalue weighted by Crippen LogP contribution is 2.26. The Balaban J connectivity index is 2.42.